The summed E-state index contributed by atoms with van der Waals surface area (Å²) < 4.78 is 2.38. The number of rotatable bonds is 5. The second-order valence-corrected chi connectivity index (χ2v) is 11.0. The molecule has 0 bridgehead atoms. The van der Waals surface area contributed by atoms with Crippen molar-refractivity contribution < 1.29 is 0 Å². The number of benzene rings is 3. The third kappa shape index (κ3) is 4.81. The summed E-state index contributed by atoms with van der Waals surface area (Å²) in [6.07, 6.45) is 6.84. The molecule has 0 unspecified atom stereocenters. The van der Waals surface area contributed by atoms with Crippen molar-refractivity contribution in [3.63, 3.8) is 0 Å². The smallest absolute Gasteiger partial charge is 0.0549 e. The second kappa shape index (κ2) is 9.70. The minimum absolute atomic E-state index is 0.0449. The minimum atomic E-state index is 0.0449. The van der Waals surface area contributed by atoms with Crippen LogP contribution < -0.4 is 5.32 Å². The van der Waals surface area contributed by atoms with E-state index in [1.54, 1.807) is 0 Å². The number of dihydropyridines is 1. The molecule has 1 aliphatic heterocycles. The lowest BCUT2D eigenvalue weighted by molar-refractivity contribution is 0.590. The number of aromatic nitrogens is 1. The van der Waals surface area contributed by atoms with Crippen LogP contribution in [0, 0.1) is 5.92 Å². The molecule has 36 heavy (non-hydrogen) atoms. The van der Waals surface area contributed by atoms with E-state index in [0.29, 0.717) is 5.92 Å². The van der Waals surface area contributed by atoms with E-state index in [0.717, 1.165) is 6.54 Å². The van der Waals surface area contributed by atoms with Crippen LogP contribution in [0.1, 0.15) is 45.7 Å². The third-order valence-corrected chi connectivity index (χ3v) is 7.09. The first-order valence-corrected chi connectivity index (χ1v) is 12.9. The van der Waals surface area contributed by atoms with Crippen molar-refractivity contribution in [1.29, 1.82) is 0 Å². The van der Waals surface area contributed by atoms with Crippen LogP contribution in [-0.4, -0.2) is 11.1 Å². The zero-order chi connectivity index (χ0) is 25.3. The summed E-state index contributed by atoms with van der Waals surface area (Å²) in [5.41, 5.74) is 11.3. The number of hydrogen-bond donors (Lipinski definition) is 1. The van der Waals surface area contributed by atoms with Gasteiger partial charge in [-0.25, -0.2) is 0 Å². The monoisotopic (exact) mass is 472 g/mol. The number of para-hydroxylation sites is 1. The van der Waals surface area contributed by atoms with Gasteiger partial charge in [-0.2, -0.15) is 0 Å². The van der Waals surface area contributed by atoms with E-state index in [2.05, 4.69) is 148 Å². The number of allylic oxidation sites excluding steroid dienone is 2. The largest absolute Gasteiger partial charge is 0.381 e. The maximum atomic E-state index is 3.68. The van der Waals surface area contributed by atoms with Crippen LogP contribution in [-0.2, 0) is 5.41 Å². The van der Waals surface area contributed by atoms with Gasteiger partial charge in [0.15, 0.2) is 0 Å². The summed E-state index contributed by atoms with van der Waals surface area (Å²) in [6.45, 7) is 12.3. The van der Waals surface area contributed by atoms with Gasteiger partial charge in [0, 0.05) is 24.0 Å². The summed E-state index contributed by atoms with van der Waals surface area (Å²) in [5, 5.41) is 3.68. The Kier molecular flexibility index (Phi) is 6.45. The lowest BCUT2D eigenvalue weighted by Crippen LogP contribution is -2.21. The van der Waals surface area contributed by atoms with E-state index < -0.39 is 0 Å². The Labute approximate surface area is 216 Å². The Morgan fingerprint density at radius 1 is 0.750 bits per heavy atom. The van der Waals surface area contributed by atoms with Crippen molar-refractivity contribution in [2.45, 2.75) is 40.0 Å². The molecular formula is C34H36N2. The van der Waals surface area contributed by atoms with Crippen LogP contribution in [0.25, 0.3) is 33.8 Å². The van der Waals surface area contributed by atoms with Gasteiger partial charge in [0.25, 0.3) is 0 Å². The van der Waals surface area contributed by atoms with E-state index in [1.807, 2.05) is 0 Å². The molecule has 5 rings (SSSR count). The fourth-order valence-electron chi connectivity index (χ4n) is 4.78. The lowest BCUT2D eigenvalue weighted by Gasteiger charge is -2.22. The van der Waals surface area contributed by atoms with Crippen molar-refractivity contribution in [3.8, 4) is 28.1 Å². The molecule has 1 aliphatic rings. The van der Waals surface area contributed by atoms with Crippen LogP contribution in [0.4, 0.5) is 0 Å². The zero-order valence-electron chi connectivity index (χ0n) is 22.0. The predicted molar refractivity (Wildman–Crippen MR) is 154 cm³/mol. The molecule has 2 heterocycles. The normalized spacial score (nSPS) is 13.8. The Morgan fingerprint density at radius 2 is 1.44 bits per heavy atom. The standard InChI is InChI=1S/C34H36N2/c1-24(2)28-18-19-31(35-22-28)30-16-9-10-17-32(30)36-23-29(34(3,4)5)21-33(36)27-15-11-14-26(20-27)25-12-7-6-8-13-25/h6-21,23-24,35H,22H2,1-5H3. The van der Waals surface area contributed by atoms with Crippen LogP contribution in [0.5, 0.6) is 0 Å². The molecule has 0 saturated carbocycles. The van der Waals surface area contributed by atoms with Crippen LogP contribution in [0.15, 0.2) is 109 Å². The lowest BCUT2D eigenvalue weighted by atomic mass is 9.89. The zero-order valence-corrected chi connectivity index (χ0v) is 22.0. The van der Waals surface area contributed by atoms with E-state index in [-0.39, 0.29) is 5.41 Å². The summed E-state index contributed by atoms with van der Waals surface area (Å²) in [7, 11) is 0. The van der Waals surface area contributed by atoms with Crippen molar-refractivity contribution >= 4 is 5.70 Å². The quantitative estimate of drug-likeness (QED) is 0.307. The third-order valence-electron chi connectivity index (χ3n) is 7.09. The van der Waals surface area contributed by atoms with Crippen molar-refractivity contribution in [1.82, 2.24) is 9.88 Å². The van der Waals surface area contributed by atoms with Crippen molar-refractivity contribution in [3.05, 3.63) is 120 Å². The second-order valence-electron chi connectivity index (χ2n) is 11.0. The average Bonchev–Trinajstić information content (AvgIpc) is 3.36. The predicted octanol–water partition coefficient (Wildman–Crippen LogP) is 8.64. The van der Waals surface area contributed by atoms with Gasteiger partial charge in [0.2, 0.25) is 0 Å². The molecule has 182 valence electrons. The molecule has 0 aliphatic carbocycles. The molecule has 0 spiro atoms. The summed E-state index contributed by atoms with van der Waals surface area (Å²) in [6, 6.07) is 30.6. The van der Waals surface area contributed by atoms with Crippen LogP contribution in [0.3, 0.4) is 0 Å². The highest BCUT2D eigenvalue weighted by Crippen LogP contribution is 2.36. The number of hydrogen-bond acceptors (Lipinski definition) is 1. The molecule has 1 N–H and O–H groups in total. The highest BCUT2D eigenvalue weighted by molar-refractivity contribution is 5.77. The van der Waals surface area contributed by atoms with Gasteiger partial charge in [0.05, 0.1) is 11.4 Å². The Hall–Kier alpha value is -3.78. The SMILES string of the molecule is CC(C)C1=CC=C(c2ccccc2-n2cc(C(C)(C)C)cc2-c2cccc(-c3ccccc3)c2)NC1. The van der Waals surface area contributed by atoms with Gasteiger partial charge in [-0.15, -0.1) is 0 Å². The topological polar surface area (TPSA) is 17.0 Å². The van der Waals surface area contributed by atoms with Gasteiger partial charge in [0.1, 0.15) is 0 Å². The van der Waals surface area contributed by atoms with E-state index in [1.165, 1.54) is 50.5 Å². The Balaban J connectivity index is 1.66. The van der Waals surface area contributed by atoms with Gasteiger partial charge in [-0.1, -0.05) is 107 Å². The molecule has 4 aromatic rings. The van der Waals surface area contributed by atoms with E-state index in [4.69, 9.17) is 0 Å². The van der Waals surface area contributed by atoms with Gasteiger partial charge < -0.3 is 9.88 Å². The maximum absolute atomic E-state index is 3.68. The van der Waals surface area contributed by atoms with Crippen molar-refractivity contribution in [2.75, 3.05) is 6.54 Å². The van der Waals surface area contributed by atoms with E-state index >= 15 is 0 Å². The fourth-order valence-corrected chi connectivity index (χ4v) is 4.78. The molecule has 3 aromatic carbocycles. The van der Waals surface area contributed by atoms with Crippen molar-refractivity contribution in [2.24, 2.45) is 5.92 Å². The first kappa shape index (κ1) is 23.9. The molecule has 1 aromatic heterocycles. The molecule has 2 heteroatoms. The van der Waals surface area contributed by atoms with E-state index in [9.17, 15) is 0 Å². The molecule has 2 nitrogen and oxygen atoms in total. The molecule has 0 amide bonds. The number of nitrogens with one attached hydrogen (secondary N) is 1. The first-order chi connectivity index (χ1) is 17.3. The molecule has 0 radical (unpaired) electrons. The molecular weight excluding hydrogens is 436 g/mol. The molecule has 0 atom stereocenters. The van der Waals surface area contributed by atoms with Gasteiger partial charge in [-0.05, 0) is 63.4 Å². The summed E-state index contributed by atoms with van der Waals surface area (Å²) in [5.74, 6) is 0.549. The fraction of sp³-hybridized carbons (Fsp3) is 0.235. The first-order valence-electron chi connectivity index (χ1n) is 12.9. The summed E-state index contributed by atoms with van der Waals surface area (Å²) in [4.78, 5) is 0. The molecule has 0 fully saturated rings. The maximum Gasteiger partial charge on any atom is 0.0549 e. The average molecular weight is 473 g/mol. The Bertz CT molecular complexity index is 1430. The Morgan fingerprint density at radius 3 is 2.14 bits per heavy atom. The van der Waals surface area contributed by atoms with Crippen LogP contribution in [0.2, 0.25) is 0 Å². The van der Waals surface area contributed by atoms with Gasteiger partial charge >= 0.3 is 0 Å². The number of nitrogens with zero attached hydrogens (tertiary/aromatic N) is 1. The van der Waals surface area contributed by atoms with Gasteiger partial charge in [-0.3, -0.25) is 0 Å². The van der Waals surface area contributed by atoms with Crippen LogP contribution >= 0.6 is 0 Å². The minimum Gasteiger partial charge on any atom is -0.381 e. The molecule has 0 saturated heterocycles. The highest BCUT2D eigenvalue weighted by Gasteiger charge is 2.21. The summed E-state index contributed by atoms with van der Waals surface area (Å²) >= 11 is 0. The highest BCUT2D eigenvalue weighted by atomic mass is 15.0.